The molecule has 0 bridgehead atoms. The maximum absolute atomic E-state index is 11.7. The minimum Gasteiger partial charge on any atom is -0.391 e. The summed E-state index contributed by atoms with van der Waals surface area (Å²) in [6.45, 7) is 2.32. The predicted octanol–water partition coefficient (Wildman–Crippen LogP) is 1.46. The summed E-state index contributed by atoms with van der Waals surface area (Å²) >= 11 is 0. The molecule has 0 spiro atoms. The molecule has 0 saturated heterocycles. The van der Waals surface area contributed by atoms with Crippen LogP contribution in [-0.4, -0.2) is 33.6 Å². The van der Waals surface area contributed by atoms with Crippen LogP contribution in [0.3, 0.4) is 0 Å². The molecule has 0 fully saturated rings. The van der Waals surface area contributed by atoms with Crippen LogP contribution in [0.5, 0.6) is 0 Å². The molecular weight excluding hydrogens is 282 g/mol. The van der Waals surface area contributed by atoms with Gasteiger partial charge in [-0.2, -0.15) is 0 Å². The lowest BCUT2D eigenvalue weighted by atomic mass is 10.1. The quantitative estimate of drug-likeness (QED) is 0.594. The molecular formula is C16H23N3O3. The van der Waals surface area contributed by atoms with E-state index in [9.17, 15) is 14.7 Å². The van der Waals surface area contributed by atoms with Crippen molar-refractivity contribution in [1.29, 1.82) is 0 Å². The van der Waals surface area contributed by atoms with Crippen molar-refractivity contribution in [2.75, 3.05) is 6.54 Å². The van der Waals surface area contributed by atoms with Gasteiger partial charge < -0.3 is 20.4 Å². The summed E-state index contributed by atoms with van der Waals surface area (Å²) < 4.78 is 0. The number of amides is 1. The number of hydrogen-bond acceptors (Lipinski definition) is 3. The number of hydrogen-bond donors (Lipinski definition) is 4. The molecule has 0 saturated carbocycles. The van der Waals surface area contributed by atoms with Crippen LogP contribution in [0.2, 0.25) is 0 Å². The van der Waals surface area contributed by atoms with E-state index in [1.165, 1.54) is 0 Å². The zero-order chi connectivity index (χ0) is 15.9. The predicted molar refractivity (Wildman–Crippen MR) is 85.8 cm³/mol. The van der Waals surface area contributed by atoms with Crippen molar-refractivity contribution >= 4 is 16.9 Å². The number of imidazole rings is 1. The number of aryl methyl sites for hydroxylation is 1. The first-order chi connectivity index (χ1) is 10.6. The molecule has 1 heterocycles. The molecule has 22 heavy (non-hydrogen) atoms. The van der Waals surface area contributed by atoms with Crippen molar-refractivity contribution < 1.29 is 9.90 Å². The number of fused-ring (bicyclic) bond motifs is 1. The Kier molecular flexibility index (Phi) is 5.77. The van der Waals surface area contributed by atoms with E-state index < -0.39 is 6.10 Å². The smallest absolute Gasteiger partial charge is 0.323 e. The SMILES string of the molecule is CCCC(O)CNC(=O)CCCc1ccc2[nH]c(=O)[nH]c2c1. The number of aromatic nitrogens is 2. The number of aliphatic hydroxyl groups excluding tert-OH is 1. The van der Waals surface area contributed by atoms with E-state index in [0.717, 1.165) is 35.9 Å². The third kappa shape index (κ3) is 4.73. The standard InChI is InChI=1S/C16H23N3O3/c1-2-4-12(20)10-17-15(21)6-3-5-11-7-8-13-14(9-11)19-16(22)18-13/h7-9,12,20H,2-6,10H2,1H3,(H,17,21)(H2,18,19,22). The second-order valence-corrected chi connectivity index (χ2v) is 5.56. The van der Waals surface area contributed by atoms with Crippen molar-refractivity contribution in [3.8, 4) is 0 Å². The van der Waals surface area contributed by atoms with Crippen LogP contribution in [0.15, 0.2) is 23.0 Å². The Morgan fingerprint density at radius 3 is 2.86 bits per heavy atom. The van der Waals surface area contributed by atoms with Crippen molar-refractivity contribution in [2.45, 2.75) is 45.1 Å². The van der Waals surface area contributed by atoms with Gasteiger partial charge in [0.2, 0.25) is 5.91 Å². The van der Waals surface area contributed by atoms with Gasteiger partial charge in [-0.15, -0.1) is 0 Å². The summed E-state index contributed by atoms with van der Waals surface area (Å²) in [5.74, 6) is -0.0358. The van der Waals surface area contributed by atoms with Gasteiger partial charge in [0.05, 0.1) is 17.1 Å². The first-order valence-corrected chi connectivity index (χ1v) is 7.74. The van der Waals surface area contributed by atoms with Crippen LogP contribution < -0.4 is 11.0 Å². The molecule has 2 aromatic rings. The van der Waals surface area contributed by atoms with Gasteiger partial charge in [-0.3, -0.25) is 4.79 Å². The summed E-state index contributed by atoms with van der Waals surface area (Å²) in [5, 5.41) is 12.3. The molecule has 1 aromatic heterocycles. The second-order valence-electron chi connectivity index (χ2n) is 5.56. The van der Waals surface area contributed by atoms with Crippen LogP contribution in [0.25, 0.3) is 11.0 Å². The number of H-pyrrole nitrogens is 2. The third-order valence-electron chi connectivity index (χ3n) is 3.61. The average molecular weight is 305 g/mol. The van der Waals surface area contributed by atoms with E-state index in [1.807, 2.05) is 25.1 Å². The second kappa shape index (κ2) is 7.79. The monoisotopic (exact) mass is 305 g/mol. The fraction of sp³-hybridized carbons (Fsp3) is 0.500. The van der Waals surface area contributed by atoms with E-state index >= 15 is 0 Å². The Balaban J connectivity index is 1.75. The van der Waals surface area contributed by atoms with E-state index in [-0.39, 0.29) is 11.6 Å². The topological polar surface area (TPSA) is 98.0 Å². The van der Waals surface area contributed by atoms with Gasteiger partial charge in [0.15, 0.2) is 0 Å². The fourth-order valence-electron chi connectivity index (χ4n) is 2.44. The molecule has 6 nitrogen and oxygen atoms in total. The summed E-state index contributed by atoms with van der Waals surface area (Å²) in [6.07, 6.45) is 3.09. The summed E-state index contributed by atoms with van der Waals surface area (Å²) in [4.78, 5) is 28.3. The molecule has 1 amide bonds. The highest BCUT2D eigenvalue weighted by molar-refractivity contribution is 5.76. The largest absolute Gasteiger partial charge is 0.391 e. The van der Waals surface area contributed by atoms with E-state index in [2.05, 4.69) is 15.3 Å². The Morgan fingerprint density at radius 1 is 1.32 bits per heavy atom. The van der Waals surface area contributed by atoms with Gasteiger partial charge in [-0.1, -0.05) is 19.4 Å². The van der Waals surface area contributed by atoms with Crippen LogP contribution in [-0.2, 0) is 11.2 Å². The minimum atomic E-state index is -0.457. The molecule has 2 rings (SSSR count). The number of carbonyl (C=O) groups excluding carboxylic acids is 1. The molecule has 4 N–H and O–H groups in total. The van der Waals surface area contributed by atoms with Crippen LogP contribution >= 0.6 is 0 Å². The zero-order valence-corrected chi connectivity index (χ0v) is 12.8. The molecule has 1 atom stereocenters. The number of aromatic amines is 2. The van der Waals surface area contributed by atoms with Gasteiger partial charge in [0.1, 0.15) is 0 Å². The summed E-state index contributed by atoms with van der Waals surface area (Å²) in [6, 6.07) is 5.74. The molecule has 0 aliphatic heterocycles. The highest BCUT2D eigenvalue weighted by Gasteiger charge is 2.06. The van der Waals surface area contributed by atoms with Gasteiger partial charge >= 0.3 is 5.69 Å². The van der Waals surface area contributed by atoms with Crippen molar-refractivity contribution in [2.24, 2.45) is 0 Å². The maximum atomic E-state index is 11.7. The lowest BCUT2D eigenvalue weighted by Gasteiger charge is -2.10. The Hall–Kier alpha value is -2.08. The number of aliphatic hydroxyl groups is 1. The van der Waals surface area contributed by atoms with Gasteiger partial charge in [0, 0.05) is 13.0 Å². The number of rotatable bonds is 8. The Bertz CT molecular complexity index is 675. The molecule has 1 unspecified atom stereocenters. The molecule has 0 aliphatic carbocycles. The minimum absolute atomic E-state index is 0.0358. The maximum Gasteiger partial charge on any atom is 0.323 e. The normalized spacial score (nSPS) is 12.5. The zero-order valence-electron chi connectivity index (χ0n) is 12.8. The van der Waals surface area contributed by atoms with E-state index in [4.69, 9.17) is 0 Å². The Labute approximate surface area is 128 Å². The van der Waals surface area contributed by atoms with Crippen LogP contribution in [0.4, 0.5) is 0 Å². The number of benzene rings is 1. The highest BCUT2D eigenvalue weighted by Crippen LogP contribution is 2.12. The third-order valence-corrected chi connectivity index (χ3v) is 3.61. The first-order valence-electron chi connectivity index (χ1n) is 7.74. The van der Waals surface area contributed by atoms with Crippen molar-refractivity contribution in [3.63, 3.8) is 0 Å². The number of carbonyl (C=O) groups is 1. The van der Waals surface area contributed by atoms with Gasteiger partial charge in [-0.05, 0) is 37.0 Å². The molecule has 6 heteroatoms. The van der Waals surface area contributed by atoms with Gasteiger partial charge in [0.25, 0.3) is 0 Å². The van der Waals surface area contributed by atoms with Gasteiger partial charge in [-0.25, -0.2) is 4.79 Å². The van der Waals surface area contributed by atoms with Crippen LogP contribution in [0, 0.1) is 0 Å². The summed E-state index contributed by atoms with van der Waals surface area (Å²) in [7, 11) is 0. The van der Waals surface area contributed by atoms with E-state index in [0.29, 0.717) is 19.4 Å². The lowest BCUT2D eigenvalue weighted by Crippen LogP contribution is -2.31. The average Bonchev–Trinajstić information content (AvgIpc) is 2.85. The summed E-state index contributed by atoms with van der Waals surface area (Å²) in [5.41, 5.74) is 2.45. The van der Waals surface area contributed by atoms with Crippen molar-refractivity contribution in [3.05, 3.63) is 34.2 Å². The Morgan fingerprint density at radius 2 is 2.09 bits per heavy atom. The lowest BCUT2D eigenvalue weighted by molar-refractivity contribution is -0.121. The first kappa shape index (κ1) is 16.3. The highest BCUT2D eigenvalue weighted by atomic mass is 16.3. The number of nitrogens with one attached hydrogen (secondary N) is 3. The molecule has 120 valence electrons. The van der Waals surface area contributed by atoms with Crippen LogP contribution in [0.1, 0.15) is 38.2 Å². The fourth-order valence-corrected chi connectivity index (χ4v) is 2.44. The molecule has 0 radical (unpaired) electrons. The van der Waals surface area contributed by atoms with E-state index in [1.54, 1.807) is 0 Å². The molecule has 1 aromatic carbocycles. The van der Waals surface area contributed by atoms with Crippen molar-refractivity contribution in [1.82, 2.24) is 15.3 Å². The molecule has 0 aliphatic rings.